The molecule has 2 rings (SSSR count). The van der Waals surface area contributed by atoms with E-state index in [2.05, 4.69) is 29.1 Å². The zero-order chi connectivity index (χ0) is 15.6. The molecule has 0 fully saturated rings. The van der Waals surface area contributed by atoms with Gasteiger partial charge in [0, 0.05) is 12.0 Å². The Labute approximate surface area is 149 Å². The molecule has 0 aliphatic carbocycles. The van der Waals surface area contributed by atoms with Crippen molar-refractivity contribution in [1.29, 1.82) is 0 Å². The van der Waals surface area contributed by atoms with E-state index in [-0.39, 0.29) is 54.6 Å². The van der Waals surface area contributed by atoms with Crippen LogP contribution >= 0.6 is 24.8 Å². The molecule has 1 heterocycles. The second kappa shape index (κ2) is 9.11. The van der Waals surface area contributed by atoms with Crippen molar-refractivity contribution in [2.24, 2.45) is 17.6 Å². The third kappa shape index (κ3) is 5.09. The van der Waals surface area contributed by atoms with Gasteiger partial charge in [-0.2, -0.15) is 0 Å². The minimum absolute atomic E-state index is 0. The molecule has 1 aromatic heterocycles. The molecular formula is C16H26Cl2N4O. The molecule has 2 aromatic rings. The van der Waals surface area contributed by atoms with Crippen LogP contribution in [0.15, 0.2) is 24.3 Å². The summed E-state index contributed by atoms with van der Waals surface area (Å²) in [7, 11) is 0. The summed E-state index contributed by atoms with van der Waals surface area (Å²) in [5, 5.41) is 3.06. The highest BCUT2D eigenvalue weighted by atomic mass is 35.5. The van der Waals surface area contributed by atoms with Crippen LogP contribution in [-0.2, 0) is 4.79 Å². The average Bonchev–Trinajstić information content (AvgIpc) is 2.86. The van der Waals surface area contributed by atoms with Crippen molar-refractivity contribution >= 4 is 41.8 Å². The average molecular weight is 361 g/mol. The van der Waals surface area contributed by atoms with Gasteiger partial charge < -0.3 is 16.0 Å². The second-order valence-corrected chi connectivity index (χ2v) is 6.02. The molecule has 3 atom stereocenters. The number of nitrogens with one attached hydrogen (secondary N) is 2. The molecule has 130 valence electrons. The first-order valence-electron chi connectivity index (χ1n) is 7.40. The molecule has 5 nitrogen and oxygen atoms in total. The number of halogens is 2. The van der Waals surface area contributed by atoms with Gasteiger partial charge in [-0.3, -0.25) is 4.79 Å². The van der Waals surface area contributed by atoms with Gasteiger partial charge in [0.05, 0.1) is 17.1 Å². The highest BCUT2D eigenvalue weighted by molar-refractivity contribution is 5.85. The molecule has 23 heavy (non-hydrogen) atoms. The van der Waals surface area contributed by atoms with Gasteiger partial charge in [0.1, 0.15) is 5.82 Å². The number of aromatic amines is 1. The van der Waals surface area contributed by atoms with Crippen LogP contribution in [0.1, 0.15) is 39.6 Å². The van der Waals surface area contributed by atoms with Crippen LogP contribution in [0.5, 0.6) is 0 Å². The molecule has 0 bridgehead atoms. The first-order chi connectivity index (χ1) is 9.90. The van der Waals surface area contributed by atoms with Gasteiger partial charge in [-0.1, -0.05) is 32.9 Å². The Balaban J connectivity index is 0.00000242. The van der Waals surface area contributed by atoms with Crippen LogP contribution in [0.4, 0.5) is 0 Å². The van der Waals surface area contributed by atoms with Crippen LogP contribution in [0.25, 0.3) is 11.0 Å². The molecule has 0 spiro atoms. The normalized spacial score (nSPS) is 14.5. The van der Waals surface area contributed by atoms with E-state index in [1.807, 2.05) is 38.1 Å². The molecule has 0 saturated carbocycles. The lowest BCUT2D eigenvalue weighted by molar-refractivity contribution is -0.126. The van der Waals surface area contributed by atoms with Crippen LogP contribution < -0.4 is 11.1 Å². The maximum atomic E-state index is 12.3. The van der Waals surface area contributed by atoms with Crippen molar-refractivity contribution < 1.29 is 4.79 Å². The summed E-state index contributed by atoms with van der Waals surface area (Å²) in [6.07, 6.45) is 0. The number of nitrogens with two attached hydrogens (primary N) is 1. The minimum atomic E-state index is -0.226. The predicted octanol–water partition coefficient (Wildman–Crippen LogP) is 3.20. The molecule has 1 amide bonds. The molecular weight excluding hydrogens is 335 g/mol. The molecule has 0 aliphatic rings. The Morgan fingerprint density at radius 2 is 1.78 bits per heavy atom. The summed E-state index contributed by atoms with van der Waals surface area (Å²) in [5.74, 6) is 0.756. The maximum absolute atomic E-state index is 12.3. The monoisotopic (exact) mass is 360 g/mol. The van der Waals surface area contributed by atoms with E-state index in [1.54, 1.807) is 0 Å². The van der Waals surface area contributed by atoms with Crippen molar-refractivity contribution in [3.63, 3.8) is 0 Å². The van der Waals surface area contributed by atoms with Crippen LogP contribution in [0.3, 0.4) is 0 Å². The number of nitrogens with zero attached hydrogens (tertiary/aromatic N) is 1. The summed E-state index contributed by atoms with van der Waals surface area (Å²) in [6, 6.07) is 7.54. The number of hydrogen-bond acceptors (Lipinski definition) is 3. The summed E-state index contributed by atoms with van der Waals surface area (Å²) in [6.45, 7) is 7.81. The lowest BCUT2D eigenvalue weighted by Crippen LogP contribution is -2.41. The van der Waals surface area contributed by atoms with E-state index >= 15 is 0 Å². The Bertz CT molecular complexity index is 594. The number of carbonyl (C=O) groups is 1. The molecule has 0 saturated heterocycles. The number of amides is 1. The summed E-state index contributed by atoms with van der Waals surface area (Å²) >= 11 is 0. The SMILES string of the molecule is CC(C)C(NC(=O)C(C)C(C)N)c1nc2ccccc2[nH]1.Cl.Cl. The fraction of sp³-hybridized carbons (Fsp3) is 0.500. The van der Waals surface area contributed by atoms with Crippen molar-refractivity contribution in [2.45, 2.75) is 39.8 Å². The molecule has 1 aromatic carbocycles. The summed E-state index contributed by atoms with van der Waals surface area (Å²) < 4.78 is 0. The molecule has 4 N–H and O–H groups in total. The first-order valence-corrected chi connectivity index (χ1v) is 7.40. The van der Waals surface area contributed by atoms with Gasteiger partial charge in [-0.15, -0.1) is 24.8 Å². The number of para-hydroxylation sites is 2. The molecule has 3 unspecified atom stereocenters. The smallest absolute Gasteiger partial charge is 0.224 e. The fourth-order valence-corrected chi connectivity index (χ4v) is 2.19. The number of fused-ring (bicyclic) bond motifs is 1. The van der Waals surface area contributed by atoms with Crippen LogP contribution in [0, 0.1) is 11.8 Å². The fourth-order valence-electron chi connectivity index (χ4n) is 2.19. The van der Waals surface area contributed by atoms with E-state index in [9.17, 15) is 4.79 Å². The number of imidazole rings is 1. The van der Waals surface area contributed by atoms with Crippen LogP contribution in [-0.4, -0.2) is 21.9 Å². The largest absolute Gasteiger partial charge is 0.346 e. The van der Waals surface area contributed by atoms with E-state index in [0.29, 0.717) is 0 Å². The number of carbonyl (C=O) groups excluding carboxylic acids is 1. The van der Waals surface area contributed by atoms with Gasteiger partial charge in [0.15, 0.2) is 0 Å². The topological polar surface area (TPSA) is 83.8 Å². The van der Waals surface area contributed by atoms with E-state index in [1.165, 1.54) is 0 Å². The van der Waals surface area contributed by atoms with Crippen molar-refractivity contribution in [3.05, 3.63) is 30.1 Å². The lowest BCUT2D eigenvalue weighted by Gasteiger charge is -2.23. The Morgan fingerprint density at radius 3 is 2.30 bits per heavy atom. The zero-order valence-corrected chi connectivity index (χ0v) is 15.5. The van der Waals surface area contributed by atoms with Gasteiger partial charge in [-0.25, -0.2) is 4.98 Å². The van der Waals surface area contributed by atoms with E-state index in [0.717, 1.165) is 16.9 Å². The highest BCUT2D eigenvalue weighted by Gasteiger charge is 2.25. The standard InChI is InChI=1S/C16H24N4O.2ClH/c1-9(2)14(20-16(21)10(3)11(4)17)15-18-12-7-5-6-8-13(12)19-15;;/h5-11,14H,17H2,1-4H3,(H,18,19)(H,20,21);2*1H. The Hall–Kier alpha value is -1.30. The summed E-state index contributed by atoms with van der Waals surface area (Å²) in [5.41, 5.74) is 7.69. The Kier molecular flexibility index (Phi) is 8.59. The van der Waals surface area contributed by atoms with Crippen LogP contribution in [0.2, 0.25) is 0 Å². The Morgan fingerprint density at radius 1 is 1.17 bits per heavy atom. The highest BCUT2D eigenvalue weighted by Crippen LogP contribution is 2.22. The second-order valence-electron chi connectivity index (χ2n) is 6.02. The zero-order valence-electron chi connectivity index (χ0n) is 13.9. The van der Waals surface area contributed by atoms with Gasteiger partial charge in [0.2, 0.25) is 5.91 Å². The van der Waals surface area contributed by atoms with Gasteiger partial charge in [0.25, 0.3) is 0 Å². The number of hydrogen-bond donors (Lipinski definition) is 3. The predicted molar refractivity (Wildman–Crippen MR) is 99.1 cm³/mol. The maximum Gasteiger partial charge on any atom is 0.224 e. The van der Waals surface area contributed by atoms with Gasteiger partial charge in [-0.05, 0) is 25.0 Å². The number of H-pyrrole nitrogens is 1. The first kappa shape index (κ1) is 21.7. The minimum Gasteiger partial charge on any atom is -0.346 e. The number of rotatable bonds is 5. The molecule has 0 aliphatic heterocycles. The van der Waals surface area contributed by atoms with Gasteiger partial charge >= 0.3 is 0 Å². The summed E-state index contributed by atoms with van der Waals surface area (Å²) in [4.78, 5) is 20.1. The number of aromatic nitrogens is 2. The van der Waals surface area contributed by atoms with Crippen molar-refractivity contribution in [2.75, 3.05) is 0 Å². The molecule has 7 heteroatoms. The third-order valence-corrected chi connectivity index (χ3v) is 3.87. The molecule has 0 radical (unpaired) electrons. The number of benzene rings is 1. The van der Waals surface area contributed by atoms with Crippen molar-refractivity contribution in [3.8, 4) is 0 Å². The quantitative estimate of drug-likeness (QED) is 0.765. The van der Waals surface area contributed by atoms with Crippen molar-refractivity contribution in [1.82, 2.24) is 15.3 Å². The van der Waals surface area contributed by atoms with E-state index < -0.39 is 0 Å². The lowest BCUT2D eigenvalue weighted by atomic mass is 9.99. The third-order valence-electron chi connectivity index (χ3n) is 3.87. The van der Waals surface area contributed by atoms with E-state index in [4.69, 9.17) is 5.73 Å².